The fourth-order valence-electron chi connectivity index (χ4n) is 4.53. The van der Waals surface area contributed by atoms with Crippen molar-refractivity contribution in [1.82, 2.24) is 15.2 Å². The van der Waals surface area contributed by atoms with Gasteiger partial charge in [-0.15, -0.1) is 0 Å². The molecule has 7 N–H and O–H groups in total. The third-order valence-electron chi connectivity index (χ3n) is 6.45. The molecular formula is C29H28FN7O2. The highest BCUT2D eigenvalue weighted by Crippen LogP contribution is 2.38. The van der Waals surface area contributed by atoms with Crippen LogP contribution in [-0.2, 0) is 13.0 Å². The van der Waals surface area contributed by atoms with E-state index in [9.17, 15) is 9.18 Å². The summed E-state index contributed by atoms with van der Waals surface area (Å²) < 4.78 is 20.7. The van der Waals surface area contributed by atoms with Gasteiger partial charge < -0.3 is 21.9 Å². The highest BCUT2D eigenvalue weighted by atomic mass is 19.1. The minimum Gasteiger partial charge on any atom is -0.491 e. The Kier molecular flexibility index (Phi) is 7.37. The number of rotatable bonds is 9. The first-order chi connectivity index (χ1) is 19.0. The Balaban J connectivity index is 1.40. The van der Waals surface area contributed by atoms with E-state index in [-0.39, 0.29) is 12.2 Å². The number of hydrogen-bond donors (Lipinski definition) is 4. The summed E-state index contributed by atoms with van der Waals surface area (Å²) in [5.74, 6) is 0.402. The van der Waals surface area contributed by atoms with Crippen LogP contribution >= 0.6 is 0 Å². The maximum Gasteiger partial charge on any atom is 0.323 e. The Hall–Kier alpha value is -4.96. The molecule has 0 saturated carbocycles. The van der Waals surface area contributed by atoms with Gasteiger partial charge in [0.25, 0.3) is 0 Å². The van der Waals surface area contributed by atoms with E-state index < -0.39 is 11.8 Å². The predicted octanol–water partition coefficient (Wildman–Crippen LogP) is 5.03. The van der Waals surface area contributed by atoms with E-state index >= 15 is 0 Å². The zero-order chi connectivity index (χ0) is 27.4. The second-order valence-corrected chi connectivity index (χ2v) is 8.99. The summed E-state index contributed by atoms with van der Waals surface area (Å²) >= 11 is 0. The first-order valence-electron chi connectivity index (χ1n) is 12.4. The Morgan fingerprint density at radius 1 is 1.05 bits per heavy atom. The van der Waals surface area contributed by atoms with Gasteiger partial charge in [-0.3, -0.25) is 15.0 Å². The summed E-state index contributed by atoms with van der Waals surface area (Å²) in [6, 6.07) is 18.3. The maximum atomic E-state index is 14.6. The number of anilines is 3. The zero-order valence-corrected chi connectivity index (χ0v) is 21.1. The Labute approximate surface area is 224 Å². The van der Waals surface area contributed by atoms with E-state index in [2.05, 4.69) is 15.2 Å². The van der Waals surface area contributed by atoms with Crippen molar-refractivity contribution in [3.05, 3.63) is 96.1 Å². The van der Waals surface area contributed by atoms with Crippen LogP contribution in [0.15, 0.2) is 79.1 Å². The fourth-order valence-corrected chi connectivity index (χ4v) is 4.53. The molecule has 5 rings (SSSR count). The van der Waals surface area contributed by atoms with Gasteiger partial charge in [-0.25, -0.2) is 9.18 Å². The van der Waals surface area contributed by atoms with Crippen LogP contribution in [0, 0.1) is 5.82 Å². The lowest BCUT2D eigenvalue weighted by Crippen LogP contribution is -2.32. The Morgan fingerprint density at radius 3 is 2.59 bits per heavy atom. The van der Waals surface area contributed by atoms with Gasteiger partial charge in [0.05, 0.1) is 23.4 Å². The summed E-state index contributed by atoms with van der Waals surface area (Å²) in [4.78, 5) is 17.6. The van der Waals surface area contributed by atoms with Crippen LogP contribution in [-0.4, -0.2) is 27.8 Å². The SMILES string of the molecule is NCc1ccc(F)c(N(C(N)=O)c2ccc(-c3ccc(OCCCc4cccnc4)c4[nH]nc(N)c34)cc2)c1. The second-order valence-electron chi connectivity index (χ2n) is 8.99. The number of aromatic nitrogens is 3. The van der Waals surface area contributed by atoms with Crippen molar-refractivity contribution in [3.8, 4) is 16.9 Å². The van der Waals surface area contributed by atoms with Crippen molar-refractivity contribution in [1.29, 1.82) is 0 Å². The number of aryl methyl sites for hydroxylation is 1. The van der Waals surface area contributed by atoms with Crippen LogP contribution in [0.1, 0.15) is 17.5 Å². The number of nitrogen functional groups attached to an aromatic ring is 1. The second kappa shape index (κ2) is 11.2. The number of urea groups is 1. The van der Waals surface area contributed by atoms with Crippen LogP contribution in [0.4, 0.5) is 26.4 Å². The van der Waals surface area contributed by atoms with E-state index in [0.29, 0.717) is 34.9 Å². The lowest BCUT2D eigenvalue weighted by atomic mass is 10.0. The highest BCUT2D eigenvalue weighted by molar-refractivity contribution is 6.05. The molecule has 0 saturated heterocycles. The largest absolute Gasteiger partial charge is 0.491 e. The van der Waals surface area contributed by atoms with E-state index in [1.54, 1.807) is 24.4 Å². The molecule has 0 aliphatic heterocycles. The minimum atomic E-state index is -0.817. The molecule has 2 aromatic heterocycles. The van der Waals surface area contributed by atoms with Crippen molar-refractivity contribution >= 4 is 34.1 Å². The van der Waals surface area contributed by atoms with Gasteiger partial charge in [0, 0.05) is 18.9 Å². The molecule has 9 nitrogen and oxygen atoms in total. The summed E-state index contributed by atoms with van der Waals surface area (Å²) in [6.45, 7) is 0.715. The highest BCUT2D eigenvalue weighted by Gasteiger charge is 2.20. The molecule has 5 aromatic rings. The molecule has 3 aromatic carbocycles. The summed E-state index contributed by atoms with van der Waals surface area (Å²) in [7, 11) is 0. The number of halogens is 1. The molecule has 0 aliphatic carbocycles. The number of benzene rings is 3. The molecule has 198 valence electrons. The normalized spacial score (nSPS) is 11.0. The van der Waals surface area contributed by atoms with Gasteiger partial charge in [-0.1, -0.05) is 24.3 Å². The molecule has 0 radical (unpaired) electrons. The Morgan fingerprint density at radius 2 is 1.87 bits per heavy atom. The van der Waals surface area contributed by atoms with Crippen LogP contribution in [0.25, 0.3) is 22.0 Å². The zero-order valence-electron chi connectivity index (χ0n) is 21.1. The number of nitrogens with two attached hydrogens (primary N) is 3. The molecule has 0 bridgehead atoms. The quantitative estimate of drug-likeness (QED) is 0.198. The molecule has 0 fully saturated rings. The van der Waals surface area contributed by atoms with Crippen LogP contribution in [0.2, 0.25) is 0 Å². The number of nitrogens with one attached hydrogen (secondary N) is 1. The Bertz CT molecular complexity index is 1600. The molecule has 2 amide bonds. The van der Waals surface area contributed by atoms with Gasteiger partial charge >= 0.3 is 6.03 Å². The van der Waals surface area contributed by atoms with E-state index in [1.165, 1.54) is 12.1 Å². The monoisotopic (exact) mass is 525 g/mol. The van der Waals surface area contributed by atoms with Gasteiger partial charge in [-0.2, -0.15) is 5.10 Å². The number of pyridine rings is 1. The number of nitrogens with zero attached hydrogens (tertiary/aromatic N) is 3. The van der Waals surface area contributed by atoms with Gasteiger partial charge in [0.2, 0.25) is 0 Å². The standard InChI is InChI=1S/C29H28FN7O2/c30-23-11-5-19(16-31)15-24(23)37(29(33)38)21-8-6-20(7-9-21)22-10-12-25(27-26(22)28(32)36-35-27)39-14-2-4-18-3-1-13-34-17-18/h1,3,5-13,15,17H,2,4,14,16,31H2,(H2,33,38)(H3,32,35,36). The number of fused-ring (bicyclic) bond motifs is 1. The third-order valence-corrected chi connectivity index (χ3v) is 6.45. The molecule has 0 spiro atoms. The van der Waals surface area contributed by atoms with E-state index in [0.717, 1.165) is 39.8 Å². The predicted molar refractivity (Wildman–Crippen MR) is 150 cm³/mol. The first-order valence-corrected chi connectivity index (χ1v) is 12.4. The van der Waals surface area contributed by atoms with Crippen LogP contribution in [0.3, 0.4) is 0 Å². The number of carbonyl (C=O) groups is 1. The fraction of sp³-hybridized carbons (Fsp3) is 0.138. The van der Waals surface area contributed by atoms with Crippen molar-refractivity contribution in [2.24, 2.45) is 11.5 Å². The number of H-pyrrole nitrogens is 1. The van der Waals surface area contributed by atoms with Crippen molar-refractivity contribution in [2.75, 3.05) is 17.2 Å². The van der Waals surface area contributed by atoms with Gasteiger partial charge in [-0.05, 0) is 77.6 Å². The van der Waals surface area contributed by atoms with Gasteiger partial charge in [0.15, 0.2) is 5.82 Å². The third kappa shape index (κ3) is 5.36. The van der Waals surface area contributed by atoms with Crippen LogP contribution in [0.5, 0.6) is 5.75 Å². The maximum absolute atomic E-state index is 14.6. The average Bonchev–Trinajstić information content (AvgIpc) is 3.35. The minimum absolute atomic E-state index is 0.0321. The molecule has 39 heavy (non-hydrogen) atoms. The number of aromatic amines is 1. The van der Waals surface area contributed by atoms with E-state index in [1.807, 2.05) is 42.6 Å². The number of carbonyl (C=O) groups excluding carboxylic acids is 1. The number of hydrogen-bond acceptors (Lipinski definition) is 6. The molecule has 2 heterocycles. The van der Waals surface area contributed by atoms with E-state index in [4.69, 9.17) is 21.9 Å². The molecular weight excluding hydrogens is 497 g/mol. The van der Waals surface area contributed by atoms with Gasteiger partial charge in [0.1, 0.15) is 17.1 Å². The summed E-state index contributed by atoms with van der Waals surface area (Å²) in [5, 5.41) is 7.90. The van der Waals surface area contributed by atoms with Crippen molar-refractivity contribution in [3.63, 3.8) is 0 Å². The molecule has 0 aliphatic rings. The van der Waals surface area contributed by atoms with Crippen molar-refractivity contribution < 1.29 is 13.9 Å². The summed E-state index contributed by atoms with van der Waals surface area (Å²) in [6.07, 6.45) is 5.29. The number of ether oxygens (including phenoxy) is 1. The smallest absolute Gasteiger partial charge is 0.323 e. The lowest BCUT2D eigenvalue weighted by molar-refractivity contribution is 0.256. The topological polar surface area (TPSA) is 149 Å². The summed E-state index contributed by atoms with van der Waals surface area (Å²) in [5.41, 5.74) is 22.2. The average molecular weight is 526 g/mol. The van der Waals surface area contributed by atoms with Crippen LogP contribution < -0.4 is 26.8 Å². The molecule has 0 atom stereocenters. The number of primary amides is 1. The first kappa shape index (κ1) is 25.7. The van der Waals surface area contributed by atoms with Crippen molar-refractivity contribution in [2.45, 2.75) is 19.4 Å². The molecule has 0 unspecified atom stereocenters. The molecule has 10 heteroatoms. The lowest BCUT2D eigenvalue weighted by Gasteiger charge is -2.22. The number of amides is 2.